The minimum atomic E-state index is -0.439. The zero-order chi connectivity index (χ0) is 24.9. The third-order valence-corrected chi connectivity index (χ3v) is 6.46. The molecule has 0 spiro atoms. The molecule has 0 bridgehead atoms. The lowest BCUT2D eigenvalue weighted by atomic mass is 10.2. The summed E-state index contributed by atoms with van der Waals surface area (Å²) in [7, 11) is 1.32. The number of hydrogen-bond donors (Lipinski definition) is 1. The van der Waals surface area contributed by atoms with Gasteiger partial charge in [0.2, 0.25) is 5.91 Å². The number of amides is 1. The van der Waals surface area contributed by atoms with Crippen LogP contribution in [0.2, 0.25) is 10.0 Å². The summed E-state index contributed by atoms with van der Waals surface area (Å²) >= 11 is 13.8. The number of methoxy groups -OCH3 is 1. The molecule has 4 aromatic rings. The minimum absolute atomic E-state index is 0.0943. The Bertz CT molecular complexity index is 1390. The topological polar surface area (TPSA) is 86.1 Å². The number of anilines is 1. The highest BCUT2D eigenvalue weighted by Gasteiger charge is 2.19. The van der Waals surface area contributed by atoms with Gasteiger partial charge in [0.25, 0.3) is 0 Å². The molecule has 0 fully saturated rings. The number of benzene rings is 3. The van der Waals surface area contributed by atoms with E-state index in [4.69, 9.17) is 23.2 Å². The van der Waals surface area contributed by atoms with Crippen LogP contribution in [0.4, 0.5) is 5.69 Å². The lowest BCUT2D eigenvalue weighted by Gasteiger charge is -2.12. The van der Waals surface area contributed by atoms with E-state index in [1.807, 2.05) is 35.8 Å². The summed E-state index contributed by atoms with van der Waals surface area (Å²) in [5.41, 5.74) is 3.55. The lowest BCUT2D eigenvalue weighted by Crippen LogP contribution is -2.14. The maximum atomic E-state index is 12.6. The third-order valence-electron chi connectivity index (χ3n) is 4.99. The van der Waals surface area contributed by atoms with Crippen molar-refractivity contribution in [2.75, 3.05) is 18.2 Å². The Kier molecular flexibility index (Phi) is 7.75. The highest BCUT2D eigenvalue weighted by molar-refractivity contribution is 7.99. The van der Waals surface area contributed by atoms with Crippen LogP contribution in [0, 0.1) is 6.92 Å². The van der Waals surface area contributed by atoms with Crippen molar-refractivity contribution in [3.8, 4) is 17.1 Å². The number of carbonyl (C=O) groups excluding carboxylic acids is 2. The molecule has 0 saturated heterocycles. The second kappa shape index (κ2) is 10.9. The normalized spacial score (nSPS) is 10.7. The molecule has 35 heavy (non-hydrogen) atoms. The van der Waals surface area contributed by atoms with Crippen molar-refractivity contribution in [1.29, 1.82) is 0 Å². The molecule has 1 heterocycles. The number of rotatable bonds is 7. The van der Waals surface area contributed by atoms with E-state index in [0.717, 1.165) is 11.3 Å². The summed E-state index contributed by atoms with van der Waals surface area (Å²) in [5, 5.41) is 13.0. The third kappa shape index (κ3) is 5.85. The van der Waals surface area contributed by atoms with Crippen LogP contribution >= 0.6 is 35.0 Å². The van der Waals surface area contributed by atoms with Crippen LogP contribution in [0.15, 0.2) is 71.9 Å². The summed E-state index contributed by atoms with van der Waals surface area (Å²) in [6, 6.07) is 19.5. The molecule has 0 atom stereocenters. The van der Waals surface area contributed by atoms with E-state index < -0.39 is 5.97 Å². The number of halogens is 2. The average Bonchev–Trinajstić information content (AvgIpc) is 3.26. The Morgan fingerprint density at radius 2 is 1.80 bits per heavy atom. The van der Waals surface area contributed by atoms with Gasteiger partial charge in [0.1, 0.15) is 0 Å². The largest absolute Gasteiger partial charge is 0.465 e. The first-order chi connectivity index (χ1) is 16.9. The molecular formula is C25H20Cl2N4O3S. The van der Waals surface area contributed by atoms with Gasteiger partial charge in [0.15, 0.2) is 11.0 Å². The van der Waals surface area contributed by atoms with Crippen molar-refractivity contribution in [3.63, 3.8) is 0 Å². The van der Waals surface area contributed by atoms with E-state index in [1.54, 1.807) is 42.5 Å². The highest BCUT2D eigenvalue weighted by atomic mass is 35.5. The Labute approximate surface area is 216 Å². The average molecular weight is 527 g/mol. The number of nitrogens with zero attached hydrogens (tertiary/aromatic N) is 3. The van der Waals surface area contributed by atoms with Gasteiger partial charge in [-0.05, 0) is 67.1 Å². The fraction of sp³-hybridized carbons (Fsp3) is 0.120. The number of ether oxygens (including phenoxy) is 1. The number of hydrogen-bond acceptors (Lipinski definition) is 6. The van der Waals surface area contributed by atoms with Gasteiger partial charge in [0.05, 0.1) is 23.4 Å². The Hall–Kier alpha value is -3.33. The van der Waals surface area contributed by atoms with Crippen molar-refractivity contribution >= 4 is 52.5 Å². The quantitative estimate of drug-likeness (QED) is 0.232. The molecule has 0 aliphatic carbocycles. The van der Waals surface area contributed by atoms with Crippen LogP contribution in [0.5, 0.6) is 0 Å². The summed E-state index contributed by atoms with van der Waals surface area (Å²) in [6.45, 7) is 1.99. The Morgan fingerprint density at radius 3 is 2.49 bits per heavy atom. The molecule has 7 nitrogen and oxygen atoms in total. The van der Waals surface area contributed by atoms with E-state index >= 15 is 0 Å². The van der Waals surface area contributed by atoms with Gasteiger partial charge < -0.3 is 10.1 Å². The van der Waals surface area contributed by atoms with Gasteiger partial charge in [-0.25, -0.2) is 4.79 Å². The van der Waals surface area contributed by atoms with Crippen LogP contribution in [0.3, 0.4) is 0 Å². The first-order valence-corrected chi connectivity index (χ1v) is 12.2. The molecular weight excluding hydrogens is 507 g/mol. The fourth-order valence-corrected chi connectivity index (χ4v) is 4.59. The molecule has 0 aliphatic heterocycles. The molecule has 0 unspecified atom stereocenters. The van der Waals surface area contributed by atoms with Gasteiger partial charge in [0, 0.05) is 22.0 Å². The smallest absolute Gasteiger partial charge is 0.337 e. The minimum Gasteiger partial charge on any atom is -0.465 e. The molecule has 0 saturated carbocycles. The van der Waals surface area contributed by atoms with Crippen molar-refractivity contribution in [1.82, 2.24) is 14.8 Å². The SMILES string of the molecule is COC(=O)c1ccc(NC(=O)CSc2nnc(-c3ccc(Cl)cc3Cl)n2-c2cccc(C)c2)cc1. The summed E-state index contributed by atoms with van der Waals surface area (Å²) < 4.78 is 6.55. The fourth-order valence-electron chi connectivity index (χ4n) is 3.34. The predicted octanol–water partition coefficient (Wildman–Crippen LogP) is 6.07. The molecule has 10 heteroatoms. The van der Waals surface area contributed by atoms with E-state index in [0.29, 0.717) is 37.8 Å². The Balaban J connectivity index is 1.57. The monoisotopic (exact) mass is 526 g/mol. The molecule has 1 aromatic heterocycles. The molecule has 4 rings (SSSR count). The number of nitrogens with one attached hydrogen (secondary N) is 1. The van der Waals surface area contributed by atoms with E-state index in [9.17, 15) is 9.59 Å². The molecule has 0 radical (unpaired) electrons. The maximum Gasteiger partial charge on any atom is 0.337 e. The maximum absolute atomic E-state index is 12.6. The summed E-state index contributed by atoms with van der Waals surface area (Å²) in [6.07, 6.45) is 0. The second-order valence-electron chi connectivity index (χ2n) is 7.51. The van der Waals surface area contributed by atoms with Crippen molar-refractivity contribution in [2.24, 2.45) is 0 Å². The standard InChI is InChI=1S/C25H20Cl2N4O3S/c1-15-4-3-5-19(12-15)31-23(20-11-8-17(26)13-21(20)27)29-30-25(31)35-14-22(32)28-18-9-6-16(7-10-18)24(33)34-2/h3-13H,14H2,1-2H3,(H,28,32). The lowest BCUT2D eigenvalue weighted by molar-refractivity contribution is -0.113. The second-order valence-corrected chi connectivity index (χ2v) is 9.30. The van der Waals surface area contributed by atoms with E-state index in [2.05, 4.69) is 20.3 Å². The van der Waals surface area contributed by atoms with Crippen molar-refractivity contribution < 1.29 is 14.3 Å². The summed E-state index contributed by atoms with van der Waals surface area (Å²) in [4.78, 5) is 24.2. The van der Waals surface area contributed by atoms with E-state index in [-0.39, 0.29) is 11.7 Å². The van der Waals surface area contributed by atoms with Gasteiger partial charge in [-0.3, -0.25) is 9.36 Å². The van der Waals surface area contributed by atoms with Gasteiger partial charge in [-0.1, -0.05) is 47.1 Å². The first kappa shape index (κ1) is 24.8. The zero-order valence-electron chi connectivity index (χ0n) is 18.8. The molecule has 178 valence electrons. The number of aryl methyl sites for hydroxylation is 1. The van der Waals surface area contributed by atoms with Crippen LogP contribution in [-0.2, 0) is 9.53 Å². The van der Waals surface area contributed by atoms with Crippen LogP contribution in [-0.4, -0.2) is 39.5 Å². The molecule has 0 aliphatic rings. The van der Waals surface area contributed by atoms with Crippen molar-refractivity contribution in [3.05, 3.63) is 87.9 Å². The molecule has 1 amide bonds. The van der Waals surface area contributed by atoms with E-state index in [1.165, 1.54) is 18.9 Å². The highest BCUT2D eigenvalue weighted by Crippen LogP contribution is 2.33. The van der Waals surface area contributed by atoms with Gasteiger partial charge in [-0.15, -0.1) is 10.2 Å². The van der Waals surface area contributed by atoms with Gasteiger partial charge >= 0.3 is 5.97 Å². The van der Waals surface area contributed by atoms with Crippen LogP contribution < -0.4 is 5.32 Å². The number of carbonyl (C=O) groups is 2. The number of esters is 1. The predicted molar refractivity (Wildman–Crippen MR) is 139 cm³/mol. The molecule has 1 N–H and O–H groups in total. The van der Waals surface area contributed by atoms with Crippen molar-refractivity contribution in [2.45, 2.75) is 12.1 Å². The number of aromatic nitrogens is 3. The van der Waals surface area contributed by atoms with Crippen LogP contribution in [0.1, 0.15) is 15.9 Å². The Morgan fingerprint density at radius 1 is 1.03 bits per heavy atom. The van der Waals surface area contributed by atoms with Gasteiger partial charge in [-0.2, -0.15) is 0 Å². The summed E-state index contributed by atoms with van der Waals surface area (Å²) in [5.74, 6) is -0.0355. The number of thioether (sulfide) groups is 1. The molecule has 3 aromatic carbocycles. The first-order valence-electron chi connectivity index (χ1n) is 10.4. The van der Waals surface area contributed by atoms with Crippen LogP contribution in [0.25, 0.3) is 17.1 Å². The zero-order valence-corrected chi connectivity index (χ0v) is 21.1.